The molecule has 1 unspecified atom stereocenters. The number of nitrogens with zero attached hydrogens (tertiary/aromatic N) is 7. The van der Waals surface area contributed by atoms with E-state index in [1.807, 2.05) is 19.1 Å². The monoisotopic (exact) mass is 856 g/mol. The molecule has 4 N–H and O–H groups in total. The lowest BCUT2D eigenvalue weighted by Gasteiger charge is -2.34. The van der Waals surface area contributed by atoms with Crippen molar-refractivity contribution in [3.8, 4) is 0 Å². The van der Waals surface area contributed by atoms with Gasteiger partial charge < -0.3 is 24.8 Å². The number of carbonyl (C=O) groups is 4. The number of carbonyl (C=O) groups excluding carboxylic acids is 4. The summed E-state index contributed by atoms with van der Waals surface area (Å²) in [6.45, 7) is 11.7. The number of piperidine rings is 1. The predicted octanol–water partition coefficient (Wildman–Crippen LogP) is 5.45. The molecule has 2 bridgehead atoms. The molecule has 4 aliphatic rings. The number of ether oxygens (including phenoxy) is 1. The predicted molar refractivity (Wildman–Crippen MR) is 243 cm³/mol. The van der Waals surface area contributed by atoms with Crippen LogP contribution in [-0.4, -0.2) is 111 Å². The van der Waals surface area contributed by atoms with Crippen LogP contribution in [0.2, 0.25) is 0 Å². The maximum Gasteiger partial charge on any atom is 0.258 e. The molecule has 0 radical (unpaired) electrons. The average molecular weight is 857 g/mol. The van der Waals surface area contributed by atoms with Gasteiger partial charge in [-0.2, -0.15) is 0 Å². The Morgan fingerprint density at radius 2 is 1.75 bits per heavy atom. The van der Waals surface area contributed by atoms with E-state index in [1.165, 1.54) is 17.3 Å². The molecule has 15 nitrogen and oxygen atoms in total. The Morgan fingerprint density at radius 3 is 2.54 bits per heavy atom. The third kappa shape index (κ3) is 9.99. The maximum absolute atomic E-state index is 13.8. The molecular weight excluding hydrogens is 797 g/mol. The van der Waals surface area contributed by atoms with Crippen LogP contribution in [0.4, 0.5) is 5.95 Å². The first-order valence-corrected chi connectivity index (χ1v) is 22.6. The molecule has 8 rings (SSSR count). The number of aromatic nitrogens is 3. The van der Waals surface area contributed by atoms with E-state index in [1.54, 1.807) is 24.1 Å². The summed E-state index contributed by atoms with van der Waals surface area (Å²) < 4.78 is 8.25. The summed E-state index contributed by atoms with van der Waals surface area (Å²) in [5.41, 5.74) is 14.2. The van der Waals surface area contributed by atoms with Gasteiger partial charge in [-0.1, -0.05) is 38.0 Å². The number of anilines is 1. The van der Waals surface area contributed by atoms with Crippen molar-refractivity contribution >= 4 is 52.1 Å². The Balaban J connectivity index is 0.830. The van der Waals surface area contributed by atoms with Gasteiger partial charge >= 0.3 is 0 Å². The molecule has 2 fully saturated rings. The van der Waals surface area contributed by atoms with Crippen LogP contribution in [0.25, 0.3) is 16.6 Å². The molecule has 4 amide bonds. The summed E-state index contributed by atoms with van der Waals surface area (Å²) in [6.07, 6.45) is 9.20. The van der Waals surface area contributed by atoms with Crippen molar-refractivity contribution < 1.29 is 23.9 Å². The Kier molecular flexibility index (Phi) is 13.6. The van der Waals surface area contributed by atoms with Gasteiger partial charge in [-0.25, -0.2) is 4.98 Å². The minimum Gasteiger partial charge on any atom is -0.477 e. The number of nitrogens with one attached hydrogen (secondary N) is 2. The smallest absolute Gasteiger partial charge is 0.258 e. The van der Waals surface area contributed by atoms with Gasteiger partial charge in [-0.05, 0) is 105 Å². The van der Waals surface area contributed by atoms with Gasteiger partial charge in [0.1, 0.15) is 6.04 Å². The fourth-order valence-corrected chi connectivity index (χ4v) is 9.51. The van der Waals surface area contributed by atoms with Gasteiger partial charge in [-0.15, -0.1) is 0 Å². The van der Waals surface area contributed by atoms with E-state index in [0.717, 1.165) is 101 Å². The number of aliphatic imine (C=N–C) groups is 1. The van der Waals surface area contributed by atoms with Crippen molar-refractivity contribution in [3.63, 3.8) is 0 Å². The molecule has 332 valence electrons. The number of amides is 4. The number of piperazine rings is 1. The van der Waals surface area contributed by atoms with Crippen molar-refractivity contribution in [1.82, 2.24) is 34.6 Å². The van der Waals surface area contributed by atoms with Crippen LogP contribution in [0.15, 0.2) is 59.7 Å². The molecule has 0 aliphatic carbocycles. The number of nitrogens with two attached hydrogens (primary N) is 1. The van der Waals surface area contributed by atoms with Crippen LogP contribution in [0, 0.1) is 12.8 Å². The lowest BCUT2D eigenvalue weighted by molar-refractivity contribution is -0.136. The fraction of sp³-hybridized carbons (Fsp3) is 0.479. The minimum atomic E-state index is -0.588. The normalized spacial score (nSPS) is 21.8. The standard InChI is InChI=1S/C48H60N10O5/c1-31-10-9-23-63-46(50-3)37(27-49)40-26-35(24-32(2)51-40)44(60)54-48-52-39-15-14-33(25-42(39)58(48)28-31)29-56-21-19-55(20-22-56)18-7-5-4-6-11-34-12-8-13-36-38(34)30-57(47(36)62)41-16-17-43(59)53-45(41)61/h8,12-15,24-27,31,41H,4-7,9-11,16-23,28-30,49H2,1-3H3,(H,52,54,60)(H,53,59,61)/t31-,41?/m1/s1. The van der Waals surface area contributed by atoms with Gasteiger partial charge in [-0.3, -0.25) is 44.7 Å². The summed E-state index contributed by atoms with van der Waals surface area (Å²) in [7, 11) is 1.66. The highest BCUT2D eigenvalue weighted by Gasteiger charge is 2.39. The number of hydrogen-bond acceptors (Lipinski definition) is 11. The summed E-state index contributed by atoms with van der Waals surface area (Å²) in [5, 5.41) is 5.52. The molecule has 4 aliphatic heterocycles. The number of pyridine rings is 1. The number of unbranched alkanes of at least 4 members (excludes halogenated alkanes) is 3. The van der Waals surface area contributed by atoms with E-state index in [0.29, 0.717) is 66.1 Å². The van der Waals surface area contributed by atoms with Crippen LogP contribution in [-0.2, 0) is 40.4 Å². The maximum atomic E-state index is 13.8. The van der Waals surface area contributed by atoms with E-state index in [4.69, 9.17) is 15.5 Å². The Bertz CT molecular complexity index is 2430. The second-order valence-corrected chi connectivity index (χ2v) is 17.5. The van der Waals surface area contributed by atoms with Crippen LogP contribution in [0.1, 0.15) is 107 Å². The zero-order valence-corrected chi connectivity index (χ0v) is 36.8. The van der Waals surface area contributed by atoms with E-state index in [9.17, 15) is 19.2 Å². The van der Waals surface area contributed by atoms with Crippen molar-refractivity contribution in [3.05, 3.63) is 93.9 Å². The molecule has 4 aromatic rings. The van der Waals surface area contributed by atoms with Crippen LogP contribution in [0.5, 0.6) is 0 Å². The summed E-state index contributed by atoms with van der Waals surface area (Å²) in [4.78, 5) is 71.9. The number of fused-ring (bicyclic) bond motifs is 6. The molecule has 2 aromatic heterocycles. The number of hydrogen-bond donors (Lipinski definition) is 3. The first kappa shape index (κ1) is 43.7. The third-order valence-electron chi connectivity index (χ3n) is 12.9. The second-order valence-electron chi connectivity index (χ2n) is 17.5. The topological polar surface area (TPSA) is 180 Å². The first-order valence-electron chi connectivity index (χ1n) is 22.6. The van der Waals surface area contributed by atoms with Gasteiger partial charge in [0.15, 0.2) is 0 Å². The van der Waals surface area contributed by atoms with Crippen LogP contribution >= 0.6 is 0 Å². The highest BCUT2D eigenvalue weighted by atomic mass is 16.5. The molecule has 2 aromatic carbocycles. The Morgan fingerprint density at radius 1 is 0.937 bits per heavy atom. The first-order chi connectivity index (χ1) is 30.6. The number of benzene rings is 2. The molecule has 15 heteroatoms. The van der Waals surface area contributed by atoms with Crippen LogP contribution in [0.3, 0.4) is 0 Å². The second kappa shape index (κ2) is 19.6. The zero-order chi connectivity index (χ0) is 44.0. The minimum absolute atomic E-state index is 0.113. The fourth-order valence-electron chi connectivity index (χ4n) is 9.51. The molecule has 0 saturated carbocycles. The Hall–Kier alpha value is -5.93. The number of imide groups is 1. The molecule has 2 saturated heterocycles. The Labute approximate surface area is 369 Å². The molecule has 0 spiro atoms. The number of aryl methyl sites for hydroxylation is 2. The average Bonchev–Trinajstić information content (AvgIpc) is 3.78. The molecule has 2 atom stereocenters. The van der Waals surface area contributed by atoms with Gasteiger partial charge in [0.05, 0.1) is 28.9 Å². The number of rotatable bonds is 10. The largest absolute Gasteiger partial charge is 0.477 e. The lowest BCUT2D eigenvalue weighted by atomic mass is 9.98. The molecular formula is C48H60N10O5. The van der Waals surface area contributed by atoms with Gasteiger partial charge in [0, 0.05) is 82.3 Å². The van der Waals surface area contributed by atoms with Crippen LogP contribution < -0.4 is 16.4 Å². The summed E-state index contributed by atoms with van der Waals surface area (Å²) in [6, 6.07) is 15.3. The van der Waals surface area contributed by atoms with Crippen molar-refractivity contribution in [1.29, 1.82) is 0 Å². The summed E-state index contributed by atoms with van der Waals surface area (Å²) >= 11 is 0. The third-order valence-corrected chi connectivity index (χ3v) is 12.9. The quantitative estimate of drug-likeness (QED) is 0.137. The van der Waals surface area contributed by atoms with E-state index < -0.39 is 6.04 Å². The zero-order valence-electron chi connectivity index (χ0n) is 36.8. The van der Waals surface area contributed by atoms with Crippen molar-refractivity contribution in [2.75, 3.05) is 51.7 Å². The van der Waals surface area contributed by atoms with Gasteiger partial charge in [0.2, 0.25) is 23.7 Å². The number of imidazole rings is 1. The highest BCUT2D eigenvalue weighted by Crippen LogP contribution is 2.31. The SMILES string of the molecule is CN=C1OCCC[C@@H](C)Cn2c(nc3ccc(CN4CCN(CCCCCCc5cccc6c5CN(C5CCC(=O)NC5=O)C6=O)CC4)cc32)NC(=O)c2cc(C)nc(c2)C1=CN. The molecule has 6 heterocycles. The lowest BCUT2D eigenvalue weighted by Crippen LogP contribution is -2.52. The van der Waals surface area contributed by atoms with Crippen molar-refractivity contribution in [2.45, 2.75) is 97.3 Å². The van der Waals surface area contributed by atoms with E-state index in [2.05, 4.69) is 66.2 Å². The van der Waals surface area contributed by atoms with Gasteiger partial charge in [0.25, 0.3) is 11.8 Å². The molecule has 63 heavy (non-hydrogen) atoms. The summed E-state index contributed by atoms with van der Waals surface area (Å²) in [5.74, 6) is 0.183. The van der Waals surface area contributed by atoms with Crippen molar-refractivity contribution in [2.24, 2.45) is 16.6 Å². The van der Waals surface area contributed by atoms with E-state index >= 15 is 0 Å². The van der Waals surface area contributed by atoms with E-state index in [-0.39, 0.29) is 36.0 Å². The highest BCUT2D eigenvalue weighted by molar-refractivity contribution is 6.19.